The lowest BCUT2D eigenvalue weighted by molar-refractivity contribution is -0.122. The van der Waals surface area contributed by atoms with E-state index in [-0.39, 0.29) is 40.4 Å². The molecule has 0 bridgehead atoms. The fourth-order valence-electron chi connectivity index (χ4n) is 9.40. The van der Waals surface area contributed by atoms with Crippen molar-refractivity contribution in [2.75, 3.05) is 27.2 Å². The highest BCUT2D eigenvalue weighted by Gasteiger charge is 2.60. The van der Waals surface area contributed by atoms with Crippen LogP contribution in [0.3, 0.4) is 0 Å². The van der Waals surface area contributed by atoms with Gasteiger partial charge in [-0.15, -0.1) is 0 Å². The van der Waals surface area contributed by atoms with Gasteiger partial charge >= 0.3 is 0 Å². The van der Waals surface area contributed by atoms with Crippen molar-refractivity contribution >= 4 is 11.7 Å². The Morgan fingerprint density at radius 2 is 1.74 bits per heavy atom. The maximum atomic E-state index is 14.3. The number of rotatable bonds is 6. The molecule has 1 saturated heterocycles. The van der Waals surface area contributed by atoms with Gasteiger partial charge in [-0.1, -0.05) is 45.0 Å². The van der Waals surface area contributed by atoms with E-state index in [9.17, 15) is 30.0 Å². The normalized spacial score (nSPS) is 31.5. The summed E-state index contributed by atoms with van der Waals surface area (Å²) >= 11 is 0. The van der Waals surface area contributed by atoms with Crippen molar-refractivity contribution in [1.82, 2.24) is 9.80 Å². The van der Waals surface area contributed by atoms with E-state index in [0.29, 0.717) is 24.7 Å². The van der Waals surface area contributed by atoms with Gasteiger partial charge < -0.3 is 26.2 Å². The second-order valence-electron chi connectivity index (χ2n) is 14.5. The number of nitrogens with two attached hydrogens (primary N) is 1. The fourth-order valence-corrected chi connectivity index (χ4v) is 9.40. The number of benzene rings is 2. The Labute approximate surface area is 271 Å². The van der Waals surface area contributed by atoms with Crippen LogP contribution in [0.2, 0.25) is 0 Å². The molecule has 1 aliphatic heterocycles. The quantitative estimate of drug-likeness (QED) is 0.308. The van der Waals surface area contributed by atoms with Gasteiger partial charge in [0.1, 0.15) is 22.9 Å². The number of carbonyl (C=O) groups is 2. The number of amides is 1. The third-order valence-electron chi connectivity index (χ3n) is 11.0. The van der Waals surface area contributed by atoms with Gasteiger partial charge in [-0.2, -0.15) is 0 Å². The molecule has 0 radical (unpaired) electrons. The molecule has 4 aliphatic rings. The van der Waals surface area contributed by atoms with Gasteiger partial charge in [0.15, 0.2) is 5.78 Å². The van der Waals surface area contributed by atoms with Crippen LogP contribution in [0, 0.1) is 29.6 Å². The minimum Gasteiger partial charge on any atom is -0.511 e. The summed E-state index contributed by atoms with van der Waals surface area (Å²) in [6, 6.07) is 11.0. The molecule has 3 aliphatic carbocycles. The molecular formula is C37H47N3O6. The summed E-state index contributed by atoms with van der Waals surface area (Å²) in [7, 11) is 3.53. The van der Waals surface area contributed by atoms with E-state index in [1.54, 1.807) is 25.9 Å². The van der Waals surface area contributed by atoms with E-state index in [1.807, 2.05) is 18.2 Å². The molecule has 9 nitrogen and oxygen atoms in total. The fraction of sp³-hybridized carbons (Fsp3) is 0.514. The van der Waals surface area contributed by atoms with Crippen molar-refractivity contribution in [3.8, 4) is 16.9 Å². The molecule has 5 unspecified atom stereocenters. The Kier molecular flexibility index (Phi) is 8.32. The zero-order chi connectivity index (χ0) is 33.2. The second kappa shape index (κ2) is 11.9. The number of fused-ring (bicyclic) bond motifs is 3. The summed E-state index contributed by atoms with van der Waals surface area (Å²) in [5.74, 6) is -2.87. The molecule has 1 heterocycles. The molecule has 2 aromatic carbocycles. The molecule has 1 fully saturated rings. The smallest absolute Gasteiger partial charge is 0.251 e. The third-order valence-corrected chi connectivity index (χ3v) is 11.0. The molecule has 9 heteroatoms. The summed E-state index contributed by atoms with van der Waals surface area (Å²) in [5.41, 5.74) is 7.43. The summed E-state index contributed by atoms with van der Waals surface area (Å²) in [6.07, 6.45) is 1.99. The number of nitrogens with zero attached hydrogens (tertiary/aromatic N) is 2. The number of likely N-dealkylation sites (N-methyl/N-ethyl adjacent to an activating group) is 1. The van der Waals surface area contributed by atoms with Crippen LogP contribution in [-0.4, -0.2) is 80.7 Å². The first-order chi connectivity index (χ1) is 21.8. The van der Waals surface area contributed by atoms with Crippen molar-refractivity contribution in [3.05, 3.63) is 75.8 Å². The Balaban J connectivity index is 1.43. The highest BCUT2D eigenvalue weighted by molar-refractivity contribution is 6.14. The minimum absolute atomic E-state index is 0.00950. The molecule has 6 N–H and O–H groups in total. The lowest BCUT2D eigenvalue weighted by atomic mass is 9.56. The average Bonchev–Trinajstić information content (AvgIpc) is 2.96. The first-order valence-corrected chi connectivity index (χ1v) is 16.5. The maximum Gasteiger partial charge on any atom is 0.251 e. The van der Waals surface area contributed by atoms with E-state index < -0.39 is 41.1 Å². The van der Waals surface area contributed by atoms with Gasteiger partial charge in [0.05, 0.1) is 23.1 Å². The maximum absolute atomic E-state index is 14.3. The molecule has 0 saturated carbocycles. The van der Waals surface area contributed by atoms with Gasteiger partial charge in [-0.3, -0.25) is 19.4 Å². The van der Waals surface area contributed by atoms with Gasteiger partial charge in [0.25, 0.3) is 5.91 Å². The number of likely N-dealkylation sites (tertiary alicyclic amines) is 1. The number of phenolic OH excluding ortho intramolecular Hbond substituents is 1. The van der Waals surface area contributed by atoms with Crippen LogP contribution in [0.1, 0.15) is 61.5 Å². The highest BCUT2D eigenvalue weighted by atomic mass is 16.3. The third kappa shape index (κ3) is 5.13. The number of hydrogen-bond acceptors (Lipinski definition) is 8. The molecule has 1 amide bonds. The van der Waals surface area contributed by atoms with Crippen LogP contribution in [-0.2, 0) is 17.8 Å². The van der Waals surface area contributed by atoms with E-state index >= 15 is 0 Å². The zero-order valence-electron chi connectivity index (χ0n) is 27.5. The summed E-state index contributed by atoms with van der Waals surface area (Å²) in [4.78, 5) is 31.2. The van der Waals surface area contributed by atoms with Crippen LogP contribution in [0.25, 0.3) is 11.1 Å². The number of aliphatic hydroxyl groups is 3. The van der Waals surface area contributed by atoms with Crippen LogP contribution in [0.5, 0.6) is 5.75 Å². The van der Waals surface area contributed by atoms with Crippen LogP contribution in [0.15, 0.2) is 59.1 Å². The summed E-state index contributed by atoms with van der Waals surface area (Å²) < 4.78 is 0. The average molecular weight is 630 g/mol. The lowest BCUT2D eigenvalue weighted by Gasteiger charge is -2.53. The predicted molar refractivity (Wildman–Crippen MR) is 176 cm³/mol. The first-order valence-electron chi connectivity index (χ1n) is 16.5. The SMILES string of the molecule is CC[C@]1(O)C(C(N)=O)=C(O)[C@@H](N(C)C)C2CC3Cc4c(-c5cccc(CN6CC(C)CC(C)C6)c5)ccc(O)c4C(=O)C3=C(O)C21. The molecule has 246 valence electrons. The van der Waals surface area contributed by atoms with Crippen molar-refractivity contribution in [2.24, 2.45) is 35.3 Å². The molecule has 0 spiro atoms. The van der Waals surface area contributed by atoms with Gasteiger partial charge in [0.2, 0.25) is 0 Å². The second-order valence-corrected chi connectivity index (χ2v) is 14.5. The number of carbonyl (C=O) groups excluding carboxylic acids is 2. The minimum atomic E-state index is -1.97. The Morgan fingerprint density at radius 3 is 2.37 bits per heavy atom. The number of phenols is 1. The number of hydrogen-bond donors (Lipinski definition) is 5. The van der Waals surface area contributed by atoms with Crippen LogP contribution < -0.4 is 5.73 Å². The van der Waals surface area contributed by atoms with E-state index in [4.69, 9.17) is 5.73 Å². The predicted octanol–water partition coefficient (Wildman–Crippen LogP) is 4.72. The number of aliphatic hydroxyl groups excluding tert-OH is 2. The number of aromatic hydroxyl groups is 1. The van der Waals surface area contributed by atoms with Crippen molar-refractivity contribution < 1.29 is 30.0 Å². The van der Waals surface area contributed by atoms with Crippen LogP contribution in [0.4, 0.5) is 0 Å². The largest absolute Gasteiger partial charge is 0.511 e. The Bertz CT molecular complexity index is 1640. The summed E-state index contributed by atoms with van der Waals surface area (Å²) in [6.45, 7) is 9.23. The van der Waals surface area contributed by atoms with Crippen LogP contribution >= 0.6 is 0 Å². The van der Waals surface area contributed by atoms with Crippen molar-refractivity contribution in [1.29, 1.82) is 0 Å². The zero-order valence-corrected chi connectivity index (χ0v) is 27.5. The highest BCUT2D eigenvalue weighted by Crippen LogP contribution is 2.56. The molecule has 6 rings (SSSR count). The van der Waals surface area contributed by atoms with Crippen molar-refractivity contribution in [3.63, 3.8) is 0 Å². The number of allylic oxidation sites excluding steroid dienone is 1. The standard InChI is InChI=1S/C37H47N3O6/c1-6-37(46)30-26(32(39(4)5)35(44)31(37)36(38)45)15-23-14-25-24(10-11-27(41)29(25)33(42)28(23)34(30)43)22-9-7-8-21(13-22)18-40-16-19(2)12-20(3)17-40/h7-11,13,19-20,23,26,30,32,41,43-44,46H,6,12,14-18H2,1-5H3,(H2,38,45)/t19?,20?,23?,26?,30?,32-,37+/m0/s1. The topological polar surface area (TPSA) is 148 Å². The van der Waals surface area contributed by atoms with Gasteiger partial charge in [0, 0.05) is 25.2 Å². The molecular weight excluding hydrogens is 582 g/mol. The molecule has 7 atom stereocenters. The lowest BCUT2D eigenvalue weighted by Crippen LogP contribution is -2.60. The number of ketones is 1. The monoisotopic (exact) mass is 629 g/mol. The molecule has 0 aromatic heterocycles. The van der Waals surface area contributed by atoms with Gasteiger partial charge in [-0.05, 0) is 97.8 Å². The molecule has 46 heavy (non-hydrogen) atoms. The van der Waals surface area contributed by atoms with E-state index in [0.717, 1.165) is 36.3 Å². The van der Waals surface area contributed by atoms with E-state index in [2.05, 4.69) is 30.9 Å². The Morgan fingerprint density at radius 1 is 1.04 bits per heavy atom. The first kappa shape index (κ1) is 32.3. The van der Waals surface area contributed by atoms with Crippen molar-refractivity contribution in [2.45, 2.75) is 64.6 Å². The summed E-state index contributed by atoms with van der Waals surface area (Å²) in [5, 5.41) is 46.2. The number of primary amides is 1. The van der Waals surface area contributed by atoms with E-state index in [1.165, 1.54) is 18.1 Å². The Hall–Kier alpha value is -3.66. The molecule has 2 aromatic rings. The number of piperidine rings is 1. The van der Waals surface area contributed by atoms with Gasteiger partial charge in [-0.25, -0.2) is 0 Å². The number of Topliss-reactive ketones (excluding diaryl/α,β-unsaturated/α-hetero) is 1.